The molecule has 0 unspecified atom stereocenters. The SMILES string of the molecule is C=CC[C@H]1CC=C[C@H](CC=C)N1C(=O)C(F)(F)F. The Kier molecular flexibility index (Phi) is 4.76. The number of carbonyl (C=O) groups is 1. The molecule has 0 bridgehead atoms. The normalized spacial score (nSPS) is 23.8. The first kappa shape index (κ1) is 14.5. The lowest BCUT2D eigenvalue weighted by Gasteiger charge is -2.39. The van der Waals surface area contributed by atoms with Crippen molar-refractivity contribution in [2.75, 3.05) is 0 Å². The van der Waals surface area contributed by atoms with Gasteiger partial charge in [-0.2, -0.15) is 13.2 Å². The van der Waals surface area contributed by atoms with Gasteiger partial charge in [-0.3, -0.25) is 4.79 Å². The number of halogens is 3. The second kappa shape index (κ2) is 5.89. The van der Waals surface area contributed by atoms with Gasteiger partial charge in [0, 0.05) is 6.04 Å². The fourth-order valence-electron chi connectivity index (χ4n) is 2.10. The molecule has 0 N–H and O–H groups in total. The highest BCUT2D eigenvalue weighted by atomic mass is 19.4. The summed E-state index contributed by atoms with van der Waals surface area (Å²) in [7, 11) is 0. The molecule has 2 nitrogen and oxygen atoms in total. The van der Waals surface area contributed by atoms with Crippen LogP contribution in [-0.2, 0) is 4.79 Å². The summed E-state index contributed by atoms with van der Waals surface area (Å²) in [6.07, 6.45) is 2.72. The first-order valence-corrected chi connectivity index (χ1v) is 5.69. The van der Waals surface area contributed by atoms with E-state index in [0.717, 1.165) is 4.90 Å². The monoisotopic (exact) mass is 259 g/mol. The third kappa shape index (κ3) is 3.24. The molecule has 5 heteroatoms. The molecule has 0 aromatic rings. The van der Waals surface area contributed by atoms with Crippen LogP contribution in [0.15, 0.2) is 37.5 Å². The van der Waals surface area contributed by atoms with E-state index in [1.807, 2.05) is 6.08 Å². The van der Waals surface area contributed by atoms with Crippen molar-refractivity contribution in [2.45, 2.75) is 37.5 Å². The molecular weight excluding hydrogens is 243 g/mol. The maximum Gasteiger partial charge on any atom is 0.471 e. The van der Waals surface area contributed by atoms with Crippen molar-refractivity contribution in [3.05, 3.63) is 37.5 Å². The van der Waals surface area contributed by atoms with Gasteiger partial charge in [0.15, 0.2) is 0 Å². The minimum absolute atomic E-state index is 0.311. The van der Waals surface area contributed by atoms with Crippen LogP contribution in [0, 0.1) is 0 Å². The highest BCUT2D eigenvalue weighted by molar-refractivity contribution is 5.83. The number of hydrogen-bond donors (Lipinski definition) is 0. The second-order valence-corrected chi connectivity index (χ2v) is 4.14. The van der Waals surface area contributed by atoms with E-state index >= 15 is 0 Å². The lowest BCUT2D eigenvalue weighted by atomic mass is 9.97. The number of rotatable bonds is 4. The Bertz CT molecular complexity index is 360. The van der Waals surface area contributed by atoms with Crippen molar-refractivity contribution >= 4 is 5.91 Å². The van der Waals surface area contributed by atoms with Crippen LogP contribution in [0.4, 0.5) is 13.2 Å². The van der Waals surface area contributed by atoms with Crippen LogP contribution < -0.4 is 0 Å². The van der Waals surface area contributed by atoms with E-state index in [1.165, 1.54) is 12.2 Å². The summed E-state index contributed by atoms with van der Waals surface area (Å²) in [4.78, 5) is 12.4. The number of carbonyl (C=O) groups excluding carboxylic acids is 1. The van der Waals surface area contributed by atoms with Crippen LogP contribution in [0.5, 0.6) is 0 Å². The van der Waals surface area contributed by atoms with Gasteiger partial charge < -0.3 is 4.90 Å². The molecule has 1 amide bonds. The maximum atomic E-state index is 12.6. The first-order chi connectivity index (χ1) is 8.41. The molecule has 0 saturated heterocycles. The topological polar surface area (TPSA) is 20.3 Å². The predicted octanol–water partition coefficient (Wildman–Crippen LogP) is 3.23. The molecule has 0 spiro atoms. The van der Waals surface area contributed by atoms with Gasteiger partial charge >= 0.3 is 12.1 Å². The average molecular weight is 259 g/mol. The summed E-state index contributed by atoms with van der Waals surface area (Å²) in [6, 6.07) is -1.05. The van der Waals surface area contributed by atoms with Crippen molar-refractivity contribution in [3.63, 3.8) is 0 Å². The molecule has 0 fully saturated rings. The number of alkyl halides is 3. The van der Waals surface area contributed by atoms with E-state index in [0.29, 0.717) is 19.3 Å². The van der Waals surface area contributed by atoms with Crippen LogP contribution in [0.25, 0.3) is 0 Å². The van der Waals surface area contributed by atoms with Crippen LogP contribution in [0.2, 0.25) is 0 Å². The molecule has 0 aromatic carbocycles. The Morgan fingerprint density at radius 3 is 2.44 bits per heavy atom. The molecule has 2 atom stereocenters. The van der Waals surface area contributed by atoms with Gasteiger partial charge in [-0.15, -0.1) is 13.2 Å². The number of nitrogens with zero attached hydrogens (tertiary/aromatic N) is 1. The van der Waals surface area contributed by atoms with Crippen LogP contribution in [-0.4, -0.2) is 29.1 Å². The summed E-state index contributed by atoms with van der Waals surface area (Å²) in [5.41, 5.74) is 0. The Hall–Kier alpha value is -1.52. The zero-order valence-corrected chi connectivity index (χ0v) is 9.99. The standard InChI is InChI=1S/C13H16F3NO/c1-3-6-10-8-5-9-11(7-4-2)17(10)12(18)13(14,15)16/h3-5,8,10-11H,1-2,6-7,9H2/t10-,11-/m0/s1. The van der Waals surface area contributed by atoms with E-state index in [2.05, 4.69) is 13.2 Å². The molecule has 1 heterocycles. The molecule has 0 radical (unpaired) electrons. The van der Waals surface area contributed by atoms with Crippen LogP contribution >= 0.6 is 0 Å². The molecule has 100 valence electrons. The van der Waals surface area contributed by atoms with E-state index in [-0.39, 0.29) is 0 Å². The number of amides is 1. The summed E-state index contributed by atoms with van der Waals surface area (Å²) in [5, 5.41) is 0. The zero-order chi connectivity index (χ0) is 13.8. The minimum atomic E-state index is -4.84. The molecule has 18 heavy (non-hydrogen) atoms. The fourth-order valence-corrected chi connectivity index (χ4v) is 2.10. The van der Waals surface area contributed by atoms with Crippen LogP contribution in [0.1, 0.15) is 19.3 Å². The van der Waals surface area contributed by atoms with E-state index in [9.17, 15) is 18.0 Å². The molecule has 0 aromatic heterocycles. The zero-order valence-electron chi connectivity index (χ0n) is 9.99. The third-order valence-corrected chi connectivity index (χ3v) is 2.84. The highest BCUT2D eigenvalue weighted by Crippen LogP contribution is 2.28. The molecule has 0 saturated carbocycles. The van der Waals surface area contributed by atoms with E-state index < -0.39 is 24.2 Å². The minimum Gasteiger partial charge on any atom is -0.325 e. The Morgan fingerprint density at radius 1 is 1.33 bits per heavy atom. The van der Waals surface area contributed by atoms with Crippen molar-refractivity contribution in [2.24, 2.45) is 0 Å². The highest BCUT2D eigenvalue weighted by Gasteiger charge is 2.46. The summed E-state index contributed by atoms with van der Waals surface area (Å²) < 4.78 is 37.8. The van der Waals surface area contributed by atoms with Crippen LogP contribution in [0.3, 0.4) is 0 Å². The van der Waals surface area contributed by atoms with Crippen molar-refractivity contribution < 1.29 is 18.0 Å². The average Bonchev–Trinajstić information content (AvgIpc) is 2.28. The van der Waals surface area contributed by atoms with Gasteiger partial charge in [0.25, 0.3) is 0 Å². The van der Waals surface area contributed by atoms with E-state index in [1.54, 1.807) is 6.08 Å². The Balaban J connectivity index is 3.01. The van der Waals surface area contributed by atoms with Crippen molar-refractivity contribution in [3.8, 4) is 0 Å². The van der Waals surface area contributed by atoms with Gasteiger partial charge in [0.1, 0.15) is 0 Å². The third-order valence-electron chi connectivity index (χ3n) is 2.84. The lowest BCUT2D eigenvalue weighted by Crippen LogP contribution is -2.52. The van der Waals surface area contributed by atoms with Crippen molar-refractivity contribution in [1.29, 1.82) is 0 Å². The van der Waals surface area contributed by atoms with Crippen molar-refractivity contribution in [1.82, 2.24) is 4.90 Å². The smallest absolute Gasteiger partial charge is 0.325 e. The predicted molar refractivity (Wildman–Crippen MR) is 63.9 cm³/mol. The second-order valence-electron chi connectivity index (χ2n) is 4.14. The van der Waals surface area contributed by atoms with Gasteiger partial charge in [-0.1, -0.05) is 24.3 Å². The quantitative estimate of drug-likeness (QED) is 0.710. The summed E-state index contributed by atoms with van der Waals surface area (Å²) in [5.74, 6) is -1.79. The van der Waals surface area contributed by atoms with Gasteiger partial charge in [0.05, 0.1) is 6.04 Å². The Labute approximate surface area is 104 Å². The maximum absolute atomic E-state index is 12.6. The van der Waals surface area contributed by atoms with Gasteiger partial charge in [-0.25, -0.2) is 0 Å². The molecule has 1 aliphatic heterocycles. The number of hydrogen-bond acceptors (Lipinski definition) is 1. The van der Waals surface area contributed by atoms with Gasteiger partial charge in [-0.05, 0) is 19.3 Å². The molecule has 1 rings (SSSR count). The van der Waals surface area contributed by atoms with E-state index in [4.69, 9.17) is 0 Å². The molecule has 1 aliphatic rings. The first-order valence-electron chi connectivity index (χ1n) is 5.69. The summed E-state index contributed by atoms with van der Waals surface area (Å²) >= 11 is 0. The lowest BCUT2D eigenvalue weighted by molar-refractivity contribution is -0.189. The molecule has 0 aliphatic carbocycles. The fraction of sp³-hybridized carbons (Fsp3) is 0.462. The molecular formula is C13H16F3NO. The summed E-state index contributed by atoms with van der Waals surface area (Å²) in [6.45, 7) is 7.03. The largest absolute Gasteiger partial charge is 0.471 e. The Morgan fingerprint density at radius 2 is 1.94 bits per heavy atom. The van der Waals surface area contributed by atoms with Gasteiger partial charge in [0.2, 0.25) is 0 Å².